The van der Waals surface area contributed by atoms with Gasteiger partial charge in [-0.25, -0.2) is 0 Å². The van der Waals surface area contributed by atoms with Gasteiger partial charge in [0.1, 0.15) is 12.7 Å². The molecule has 12 heavy (non-hydrogen) atoms. The zero-order chi connectivity index (χ0) is 8.97. The summed E-state index contributed by atoms with van der Waals surface area (Å²) in [6.45, 7) is 4.67. The SMILES string of the molecule is CCOCC(=O)C1CCC(C)O1. The van der Waals surface area contributed by atoms with Crippen LogP contribution in [0.3, 0.4) is 0 Å². The van der Waals surface area contributed by atoms with Crippen LogP contribution >= 0.6 is 0 Å². The molecule has 1 fully saturated rings. The van der Waals surface area contributed by atoms with Gasteiger partial charge >= 0.3 is 0 Å². The second-order valence-corrected chi connectivity index (χ2v) is 3.12. The van der Waals surface area contributed by atoms with Crippen molar-refractivity contribution in [3.05, 3.63) is 0 Å². The Morgan fingerprint density at radius 1 is 1.58 bits per heavy atom. The second-order valence-electron chi connectivity index (χ2n) is 3.12. The van der Waals surface area contributed by atoms with Gasteiger partial charge in [0.2, 0.25) is 0 Å². The Labute approximate surface area is 73.0 Å². The molecule has 3 heteroatoms. The van der Waals surface area contributed by atoms with Gasteiger partial charge in [0.25, 0.3) is 0 Å². The molecule has 0 amide bonds. The van der Waals surface area contributed by atoms with Gasteiger partial charge in [-0.2, -0.15) is 0 Å². The summed E-state index contributed by atoms with van der Waals surface area (Å²) in [5, 5.41) is 0. The summed E-state index contributed by atoms with van der Waals surface area (Å²) in [5.74, 6) is 0.0844. The van der Waals surface area contributed by atoms with Crippen molar-refractivity contribution in [2.75, 3.05) is 13.2 Å². The third-order valence-electron chi connectivity index (χ3n) is 2.04. The molecule has 3 nitrogen and oxygen atoms in total. The first-order valence-corrected chi connectivity index (χ1v) is 4.50. The summed E-state index contributed by atoms with van der Waals surface area (Å²) in [4.78, 5) is 11.3. The lowest BCUT2D eigenvalue weighted by molar-refractivity contribution is -0.134. The normalized spacial score (nSPS) is 29.2. The van der Waals surface area contributed by atoms with E-state index in [2.05, 4.69) is 0 Å². The summed E-state index contributed by atoms with van der Waals surface area (Å²) < 4.78 is 10.4. The maximum absolute atomic E-state index is 11.3. The minimum absolute atomic E-state index is 0.0844. The first-order chi connectivity index (χ1) is 5.74. The molecule has 0 bridgehead atoms. The van der Waals surface area contributed by atoms with E-state index in [1.807, 2.05) is 13.8 Å². The molecule has 1 heterocycles. The van der Waals surface area contributed by atoms with E-state index >= 15 is 0 Å². The van der Waals surface area contributed by atoms with E-state index in [9.17, 15) is 4.79 Å². The topological polar surface area (TPSA) is 35.5 Å². The molecule has 0 aromatic carbocycles. The smallest absolute Gasteiger partial charge is 0.187 e. The van der Waals surface area contributed by atoms with Crippen molar-refractivity contribution in [1.82, 2.24) is 0 Å². The average molecular weight is 172 g/mol. The van der Waals surface area contributed by atoms with Crippen LogP contribution in [-0.2, 0) is 14.3 Å². The van der Waals surface area contributed by atoms with Crippen LogP contribution in [0.1, 0.15) is 26.7 Å². The fraction of sp³-hybridized carbons (Fsp3) is 0.889. The van der Waals surface area contributed by atoms with Gasteiger partial charge < -0.3 is 9.47 Å². The lowest BCUT2D eigenvalue weighted by Gasteiger charge is -2.09. The first kappa shape index (κ1) is 9.68. The molecule has 0 aromatic rings. The van der Waals surface area contributed by atoms with Crippen LogP contribution in [0, 0.1) is 0 Å². The molecule has 0 aromatic heterocycles. The largest absolute Gasteiger partial charge is 0.374 e. The van der Waals surface area contributed by atoms with Gasteiger partial charge in [0.05, 0.1) is 6.10 Å². The molecule has 0 radical (unpaired) electrons. The highest BCUT2D eigenvalue weighted by atomic mass is 16.5. The minimum Gasteiger partial charge on any atom is -0.374 e. The van der Waals surface area contributed by atoms with Crippen molar-refractivity contribution < 1.29 is 14.3 Å². The van der Waals surface area contributed by atoms with E-state index in [1.54, 1.807) is 0 Å². The maximum Gasteiger partial charge on any atom is 0.187 e. The number of ketones is 1. The fourth-order valence-electron chi connectivity index (χ4n) is 1.34. The van der Waals surface area contributed by atoms with Gasteiger partial charge in [-0.1, -0.05) is 0 Å². The van der Waals surface area contributed by atoms with E-state index < -0.39 is 0 Å². The lowest BCUT2D eigenvalue weighted by Crippen LogP contribution is -2.25. The Morgan fingerprint density at radius 2 is 2.33 bits per heavy atom. The standard InChI is InChI=1S/C9H16O3/c1-3-11-6-8(10)9-5-4-7(2)12-9/h7,9H,3-6H2,1-2H3. The molecule has 0 aliphatic carbocycles. The summed E-state index contributed by atoms with van der Waals surface area (Å²) >= 11 is 0. The molecule has 1 aliphatic heterocycles. The Kier molecular flexibility index (Phi) is 3.69. The van der Waals surface area contributed by atoms with Crippen LogP contribution in [-0.4, -0.2) is 31.2 Å². The predicted octanol–water partition coefficient (Wildman–Crippen LogP) is 1.16. The Balaban J connectivity index is 2.23. The number of carbonyl (C=O) groups excluding carboxylic acids is 1. The van der Waals surface area contributed by atoms with Crippen molar-refractivity contribution in [2.24, 2.45) is 0 Å². The highest BCUT2D eigenvalue weighted by Crippen LogP contribution is 2.19. The average Bonchev–Trinajstić information content (AvgIpc) is 2.47. The van der Waals surface area contributed by atoms with E-state index in [1.165, 1.54) is 0 Å². The summed E-state index contributed by atoms with van der Waals surface area (Å²) in [5.41, 5.74) is 0. The number of rotatable bonds is 4. The van der Waals surface area contributed by atoms with Gasteiger partial charge in [0, 0.05) is 6.61 Å². The van der Waals surface area contributed by atoms with Crippen LogP contribution in [0.4, 0.5) is 0 Å². The Bertz CT molecular complexity index is 156. The molecule has 2 atom stereocenters. The molecule has 70 valence electrons. The molecule has 1 rings (SSSR count). The van der Waals surface area contributed by atoms with Gasteiger partial charge in [-0.15, -0.1) is 0 Å². The van der Waals surface area contributed by atoms with Crippen molar-refractivity contribution >= 4 is 5.78 Å². The van der Waals surface area contributed by atoms with Gasteiger partial charge in [-0.05, 0) is 26.7 Å². The van der Waals surface area contributed by atoms with Crippen LogP contribution in [0.25, 0.3) is 0 Å². The molecule has 0 spiro atoms. The highest BCUT2D eigenvalue weighted by Gasteiger charge is 2.27. The summed E-state index contributed by atoms with van der Waals surface area (Å²) in [7, 11) is 0. The highest BCUT2D eigenvalue weighted by molar-refractivity contribution is 5.84. The first-order valence-electron chi connectivity index (χ1n) is 4.50. The zero-order valence-corrected chi connectivity index (χ0v) is 7.71. The lowest BCUT2D eigenvalue weighted by atomic mass is 10.1. The van der Waals surface area contributed by atoms with E-state index in [4.69, 9.17) is 9.47 Å². The van der Waals surface area contributed by atoms with Gasteiger partial charge in [0.15, 0.2) is 5.78 Å². The van der Waals surface area contributed by atoms with Crippen molar-refractivity contribution in [2.45, 2.75) is 38.9 Å². The Morgan fingerprint density at radius 3 is 2.83 bits per heavy atom. The fourth-order valence-corrected chi connectivity index (χ4v) is 1.34. The number of hydrogen-bond donors (Lipinski definition) is 0. The molecular formula is C9H16O3. The number of ether oxygens (including phenoxy) is 2. The number of hydrogen-bond acceptors (Lipinski definition) is 3. The summed E-state index contributed by atoms with van der Waals surface area (Å²) in [6, 6.07) is 0. The number of carbonyl (C=O) groups is 1. The quantitative estimate of drug-likeness (QED) is 0.638. The molecule has 1 saturated heterocycles. The minimum atomic E-state index is -0.202. The summed E-state index contributed by atoms with van der Waals surface area (Å²) in [6.07, 6.45) is 1.88. The molecule has 0 N–H and O–H groups in total. The van der Waals surface area contributed by atoms with Crippen molar-refractivity contribution in [1.29, 1.82) is 0 Å². The van der Waals surface area contributed by atoms with E-state index in [-0.39, 0.29) is 24.6 Å². The van der Waals surface area contributed by atoms with Crippen LogP contribution in [0.5, 0.6) is 0 Å². The third kappa shape index (κ3) is 2.57. The van der Waals surface area contributed by atoms with Crippen molar-refractivity contribution in [3.8, 4) is 0 Å². The monoisotopic (exact) mass is 172 g/mol. The van der Waals surface area contributed by atoms with Crippen molar-refractivity contribution in [3.63, 3.8) is 0 Å². The van der Waals surface area contributed by atoms with Crippen LogP contribution in [0.2, 0.25) is 0 Å². The second kappa shape index (κ2) is 4.58. The number of Topliss-reactive ketones (excluding diaryl/α,β-unsaturated/α-hetero) is 1. The predicted molar refractivity (Wildman–Crippen MR) is 45.1 cm³/mol. The van der Waals surface area contributed by atoms with Gasteiger partial charge in [-0.3, -0.25) is 4.79 Å². The van der Waals surface area contributed by atoms with Crippen LogP contribution in [0.15, 0.2) is 0 Å². The van der Waals surface area contributed by atoms with E-state index in [0.29, 0.717) is 6.61 Å². The van der Waals surface area contributed by atoms with Crippen LogP contribution < -0.4 is 0 Å². The molecular weight excluding hydrogens is 156 g/mol. The van der Waals surface area contributed by atoms with E-state index in [0.717, 1.165) is 12.8 Å². The molecule has 2 unspecified atom stereocenters. The third-order valence-corrected chi connectivity index (χ3v) is 2.04. The zero-order valence-electron chi connectivity index (χ0n) is 7.71. The maximum atomic E-state index is 11.3. The molecule has 1 aliphatic rings. The Hall–Kier alpha value is -0.410. The molecule has 0 saturated carbocycles.